The Kier molecular flexibility index (Phi) is 7.14. The Hall–Kier alpha value is -3.40. The lowest BCUT2D eigenvalue weighted by Gasteiger charge is -2.39. The summed E-state index contributed by atoms with van der Waals surface area (Å²) in [4.78, 5) is 46.6. The molecule has 1 aliphatic rings. The molecule has 172 valence electrons. The van der Waals surface area contributed by atoms with Crippen molar-refractivity contribution in [2.45, 2.75) is 58.7 Å². The van der Waals surface area contributed by atoms with Gasteiger partial charge in [0.25, 0.3) is 0 Å². The van der Waals surface area contributed by atoms with E-state index < -0.39 is 42.5 Å². The van der Waals surface area contributed by atoms with Crippen LogP contribution < -0.4 is 4.74 Å². The molecule has 0 radical (unpaired) electrons. The van der Waals surface area contributed by atoms with Crippen molar-refractivity contribution in [2.75, 3.05) is 6.61 Å². The second-order valence-electron chi connectivity index (χ2n) is 7.38. The van der Waals surface area contributed by atoms with Gasteiger partial charge in [0.05, 0.1) is 18.1 Å². The van der Waals surface area contributed by atoms with Gasteiger partial charge in [-0.1, -0.05) is 12.1 Å². The highest BCUT2D eigenvalue weighted by Crippen LogP contribution is 2.33. The first-order valence-corrected chi connectivity index (χ1v) is 10.1. The van der Waals surface area contributed by atoms with E-state index in [1.807, 2.05) is 6.07 Å². The van der Waals surface area contributed by atoms with Crippen LogP contribution >= 0.6 is 0 Å². The average Bonchev–Trinajstić information content (AvgIpc) is 3.06. The first kappa shape index (κ1) is 23.3. The molecule has 32 heavy (non-hydrogen) atoms. The van der Waals surface area contributed by atoms with Gasteiger partial charge >= 0.3 is 17.9 Å². The number of rotatable bonds is 6. The molecule has 2 aromatic rings. The van der Waals surface area contributed by atoms with Gasteiger partial charge in [-0.2, -0.15) is 0 Å². The monoisotopic (exact) mass is 447 g/mol. The minimum absolute atomic E-state index is 0.0493. The van der Waals surface area contributed by atoms with Crippen molar-refractivity contribution in [2.24, 2.45) is 0 Å². The highest BCUT2D eigenvalue weighted by Gasteiger charge is 2.44. The van der Waals surface area contributed by atoms with Crippen LogP contribution in [-0.2, 0) is 33.3 Å². The van der Waals surface area contributed by atoms with Crippen LogP contribution in [0.2, 0.25) is 0 Å². The second-order valence-corrected chi connectivity index (χ2v) is 7.38. The van der Waals surface area contributed by atoms with E-state index >= 15 is 0 Å². The predicted octanol–water partition coefficient (Wildman–Crippen LogP) is 2.22. The van der Waals surface area contributed by atoms with Gasteiger partial charge in [-0.3, -0.25) is 23.7 Å². The highest BCUT2D eigenvalue weighted by atomic mass is 16.7. The number of nitrogens with zero attached hydrogens (tertiary/aromatic N) is 1. The zero-order valence-corrected chi connectivity index (χ0v) is 18.2. The molecular weight excluding hydrogens is 422 g/mol. The summed E-state index contributed by atoms with van der Waals surface area (Å²) in [6.45, 7) is 4.88. The Labute approximate surface area is 184 Å². The molecule has 0 aliphatic carbocycles. The smallest absolute Gasteiger partial charge is 0.303 e. The van der Waals surface area contributed by atoms with Gasteiger partial charge in [0.2, 0.25) is 12.2 Å². The lowest BCUT2D eigenvalue weighted by Crippen LogP contribution is -2.54. The molecule has 10 heteroatoms. The molecule has 3 rings (SSSR count). The summed E-state index contributed by atoms with van der Waals surface area (Å²) in [7, 11) is 0. The van der Waals surface area contributed by atoms with Crippen LogP contribution in [0.4, 0.5) is 0 Å². The van der Waals surface area contributed by atoms with E-state index in [9.17, 15) is 19.2 Å². The zero-order chi connectivity index (χ0) is 23.4. The first-order valence-electron chi connectivity index (χ1n) is 10.1. The summed E-state index contributed by atoms with van der Waals surface area (Å²) in [5.41, 5.74) is 0.664. The van der Waals surface area contributed by atoms with Crippen LogP contribution in [0.1, 0.15) is 38.9 Å². The van der Waals surface area contributed by atoms with Crippen LogP contribution in [0.15, 0.2) is 30.5 Å². The fraction of sp³-hybridized carbons (Fsp3) is 0.455. The molecule has 0 N–H and O–H groups in total. The molecule has 1 aliphatic heterocycles. The lowest BCUT2D eigenvalue weighted by molar-refractivity contribution is -0.245. The standard InChI is InChI=1S/C22H25NO9/c1-12(24)23-10-19(16-7-5-6-8-17(16)23)31-21-9-18(29-14(3)26)22(30-15(4)27)20(32-21)11-28-13(2)25/h5-8,10,18,20-22H,9,11H2,1-4H3/t18-,20-,21?,22+/m1/s1. The van der Waals surface area contributed by atoms with E-state index in [2.05, 4.69) is 0 Å². The molecule has 1 unspecified atom stereocenters. The van der Waals surface area contributed by atoms with Gasteiger partial charge in [-0.25, -0.2) is 0 Å². The van der Waals surface area contributed by atoms with Crippen LogP contribution in [0.5, 0.6) is 5.75 Å². The van der Waals surface area contributed by atoms with Gasteiger partial charge in [-0.15, -0.1) is 0 Å². The Bertz CT molecular complexity index is 1030. The van der Waals surface area contributed by atoms with Crippen LogP contribution in [0, 0.1) is 0 Å². The summed E-state index contributed by atoms with van der Waals surface area (Å²) in [5, 5.41) is 0.689. The van der Waals surface area contributed by atoms with Crippen molar-refractivity contribution in [3.8, 4) is 5.75 Å². The number of esters is 3. The largest absolute Gasteiger partial charge is 0.463 e. The van der Waals surface area contributed by atoms with Crippen molar-refractivity contribution in [3.05, 3.63) is 30.5 Å². The highest BCUT2D eigenvalue weighted by molar-refractivity contribution is 5.95. The molecule has 1 aromatic carbocycles. The number of aromatic nitrogens is 1. The Morgan fingerprint density at radius 1 is 1.00 bits per heavy atom. The van der Waals surface area contributed by atoms with Gasteiger partial charge in [0.15, 0.2) is 6.10 Å². The fourth-order valence-corrected chi connectivity index (χ4v) is 3.62. The number of hydrogen-bond acceptors (Lipinski definition) is 9. The third kappa shape index (κ3) is 5.44. The number of carbonyl (C=O) groups is 4. The normalized spacial score (nSPS) is 22.8. The molecule has 4 atom stereocenters. The van der Waals surface area contributed by atoms with E-state index in [1.165, 1.54) is 32.3 Å². The second kappa shape index (κ2) is 9.82. The maximum absolute atomic E-state index is 12.0. The van der Waals surface area contributed by atoms with Gasteiger partial charge in [-0.05, 0) is 12.1 Å². The molecule has 0 saturated carbocycles. The zero-order valence-electron chi connectivity index (χ0n) is 18.2. The molecule has 2 heterocycles. The molecule has 0 spiro atoms. The number of carbonyl (C=O) groups excluding carboxylic acids is 4. The summed E-state index contributed by atoms with van der Waals surface area (Å²) >= 11 is 0. The van der Waals surface area contributed by atoms with Crippen molar-refractivity contribution in [1.29, 1.82) is 0 Å². The molecule has 0 amide bonds. The Balaban J connectivity index is 1.90. The van der Waals surface area contributed by atoms with Crippen molar-refractivity contribution < 1.29 is 42.9 Å². The SMILES string of the molecule is CC(=O)OC[C@H]1OC(Oc2cn(C(C)=O)c3ccccc23)C[C@@H](OC(C)=O)[C@@H]1OC(C)=O. The first-order chi connectivity index (χ1) is 15.2. The maximum atomic E-state index is 12.0. The summed E-state index contributed by atoms with van der Waals surface area (Å²) in [5.74, 6) is -1.54. The molecule has 10 nitrogen and oxygen atoms in total. The quantitative estimate of drug-likeness (QED) is 0.485. The number of ether oxygens (including phenoxy) is 5. The Morgan fingerprint density at radius 3 is 2.31 bits per heavy atom. The van der Waals surface area contributed by atoms with Gasteiger partial charge in [0, 0.05) is 33.1 Å². The minimum Gasteiger partial charge on any atom is -0.463 e. The van der Waals surface area contributed by atoms with Crippen LogP contribution in [0.3, 0.4) is 0 Å². The number of benzene rings is 1. The summed E-state index contributed by atoms with van der Waals surface area (Å²) in [6.07, 6.45) is -2.15. The molecule has 1 aromatic heterocycles. The minimum atomic E-state index is -0.992. The van der Waals surface area contributed by atoms with Crippen molar-refractivity contribution >= 4 is 34.7 Å². The van der Waals surface area contributed by atoms with E-state index in [0.717, 1.165) is 0 Å². The fourth-order valence-electron chi connectivity index (χ4n) is 3.62. The van der Waals surface area contributed by atoms with Crippen LogP contribution in [0.25, 0.3) is 10.9 Å². The van der Waals surface area contributed by atoms with E-state index in [-0.39, 0.29) is 18.9 Å². The summed E-state index contributed by atoms with van der Waals surface area (Å²) < 4.78 is 29.1. The average molecular weight is 447 g/mol. The van der Waals surface area contributed by atoms with E-state index in [0.29, 0.717) is 16.7 Å². The molecule has 1 fully saturated rings. The third-order valence-electron chi connectivity index (χ3n) is 4.83. The van der Waals surface area contributed by atoms with Crippen molar-refractivity contribution in [1.82, 2.24) is 4.57 Å². The van der Waals surface area contributed by atoms with Gasteiger partial charge in [0.1, 0.15) is 24.6 Å². The predicted molar refractivity (Wildman–Crippen MR) is 110 cm³/mol. The topological polar surface area (TPSA) is 119 Å². The summed E-state index contributed by atoms with van der Waals surface area (Å²) in [6, 6.07) is 7.20. The molecule has 1 saturated heterocycles. The van der Waals surface area contributed by atoms with Crippen molar-refractivity contribution in [3.63, 3.8) is 0 Å². The lowest BCUT2D eigenvalue weighted by atomic mass is 10.0. The van der Waals surface area contributed by atoms with Crippen LogP contribution in [-0.4, -0.2) is 59.6 Å². The maximum Gasteiger partial charge on any atom is 0.303 e. The van der Waals surface area contributed by atoms with E-state index in [4.69, 9.17) is 23.7 Å². The van der Waals surface area contributed by atoms with E-state index in [1.54, 1.807) is 24.4 Å². The number of fused-ring (bicyclic) bond motifs is 1. The number of hydrogen-bond donors (Lipinski definition) is 0. The number of para-hydroxylation sites is 1. The molecule has 0 bridgehead atoms. The third-order valence-corrected chi connectivity index (χ3v) is 4.83. The Morgan fingerprint density at radius 2 is 1.69 bits per heavy atom. The molecular formula is C22H25NO9. The van der Waals surface area contributed by atoms with Gasteiger partial charge < -0.3 is 23.7 Å².